The molecule has 1 heterocycles. The maximum atomic E-state index is 13.5. The molecule has 1 N–H and O–H groups in total. The first kappa shape index (κ1) is 21.4. The molecule has 0 unspecified atom stereocenters. The molecule has 10 heteroatoms. The first-order chi connectivity index (χ1) is 16.3. The fraction of sp³-hybridized carbons (Fsp3) is 0.0417. The van der Waals surface area contributed by atoms with Crippen molar-refractivity contribution in [3.05, 3.63) is 111 Å². The van der Waals surface area contributed by atoms with Crippen LogP contribution in [0.1, 0.15) is 26.3 Å². The number of ketones is 2. The lowest BCUT2D eigenvalue weighted by molar-refractivity contribution is -0.384. The molecule has 0 spiro atoms. The maximum Gasteiger partial charge on any atom is 0.287 e. The number of nitro groups is 1. The lowest BCUT2D eigenvalue weighted by Gasteiger charge is -2.19. The Labute approximate surface area is 193 Å². The van der Waals surface area contributed by atoms with Crippen molar-refractivity contribution in [1.82, 2.24) is 4.72 Å². The van der Waals surface area contributed by atoms with Crippen molar-refractivity contribution >= 4 is 39.2 Å². The highest BCUT2D eigenvalue weighted by Crippen LogP contribution is 2.33. The summed E-state index contributed by atoms with van der Waals surface area (Å²) >= 11 is 0. The first-order valence-corrected chi connectivity index (χ1v) is 11.7. The number of benzene rings is 3. The number of nitrogens with one attached hydrogen (secondary N) is 1. The molecule has 0 radical (unpaired) electrons. The van der Waals surface area contributed by atoms with Crippen LogP contribution in [0, 0.1) is 10.1 Å². The lowest BCUT2D eigenvalue weighted by atomic mass is 9.90. The maximum absolute atomic E-state index is 13.5. The number of para-hydroxylation sites is 1. The van der Waals surface area contributed by atoms with Crippen LogP contribution < -0.4 is 4.72 Å². The Kier molecular flexibility index (Phi) is 4.94. The van der Waals surface area contributed by atoms with Gasteiger partial charge in [0.15, 0.2) is 11.9 Å². The van der Waals surface area contributed by atoms with Crippen LogP contribution in [0.3, 0.4) is 0 Å². The summed E-state index contributed by atoms with van der Waals surface area (Å²) in [5, 5.41) is 10.9. The number of rotatable bonds is 5. The predicted octanol–water partition coefficient (Wildman–Crippen LogP) is 3.14. The third-order valence-corrected chi connectivity index (χ3v) is 7.04. The van der Waals surface area contributed by atoms with Gasteiger partial charge in [0.1, 0.15) is 0 Å². The van der Waals surface area contributed by atoms with Crippen LogP contribution in [0.2, 0.25) is 0 Å². The molecule has 0 bridgehead atoms. The number of carbonyl (C=O) groups excluding carboxylic acids is 2. The molecule has 0 fully saturated rings. The number of nitrogens with zero attached hydrogens (tertiary/aromatic N) is 2. The zero-order valence-electron chi connectivity index (χ0n) is 17.5. The Morgan fingerprint density at radius 1 is 0.853 bits per heavy atom. The minimum absolute atomic E-state index is 0.0881. The van der Waals surface area contributed by atoms with Gasteiger partial charge in [0.05, 0.1) is 16.2 Å². The molecule has 0 aromatic heterocycles. The summed E-state index contributed by atoms with van der Waals surface area (Å²) in [6.45, 7) is 0. The number of fused-ring (bicyclic) bond motifs is 2. The van der Waals surface area contributed by atoms with E-state index >= 15 is 0 Å². The highest BCUT2D eigenvalue weighted by atomic mass is 32.2. The van der Waals surface area contributed by atoms with Crippen LogP contribution in [0.5, 0.6) is 0 Å². The Morgan fingerprint density at radius 2 is 1.47 bits per heavy atom. The van der Waals surface area contributed by atoms with E-state index in [4.69, 9.17) is 0 Å². The van der Waals surface area contributed by atoms with E-state index in [1.165, 1.54) is 12.1 Å². The van der Waals surface area contributed by atoms with E-state index in [2.05, 4.69) is 4.72 Å². The monoisotopic (exact) mass is 474 g/mol. The van der Waals surface area contributed by atoms with Crippen LogP contribution >= 0.6 is 0 Å². The second-order valence-corrected chi connectivity index (χ2v) is 9.35. The third kappa shape index (κ3) is 3.41. The number of sulfonamides is 1. The van der Waals surface area contributed by atoms with Crippen LogP contribution in [0.25, 0.3) is 0 Å². The highest BCUT2D eigenvalue weighted by Gasteiger charge is 2.43. The Hall–Kier alpha value is -4.44. The molecule has 9 nitrogen and oxygen atoms in total. The number of hydrogen-bond acceptors (Lipinski definition) is 6. The second kappa shape index (κ2) is 7.85. The van der Waals surface area contributed by atoms with Gasteiger partial charge in [0.2, 0.25) is 11.5 Å². The normalized spacial score (nSPS) is 15.0. The van der Waals surface area contributed by atoms with Crippen molar-refractivity contribution in [1.29, 1.82) is 0 Å². The number of non-ortho nitro benzene ring substituents is 1. The number of carbonyl (C=O) groups is 2. The van der Waals surface area contributed by atoms with Gasteiger partial charge in [-0.1, -0.05) is 42.5 Å². The molecule has 3 aromatic carbocycles. The second-order valence-electron chi connectivity index (χ2n) is 7.67. The topological polar surface area (TPSA) is 126 Å². The minimum atomic E-state index is -4.35. The molecule has 2 aliphatic rings. The highest BCUT2D eigenvalue weighted by molar-refractivity contribution is 7.89. The van der Waals surface area contributed by atoms with Gasteiger partial charge in [-0.3, -0.25) is 24.4 Å². The van der Waals surface area contributed by atoms with E-state index in [0.29, 0.717) is 12.1 Å². The fourth-order valence-corrected chi connectivity index (χ4v) is 5.12. The average Bonchev–Trinajstić information content (AvgIpc) is 3.26. The van der Waals surface area contributed by atoms with Crippen LogP contribution in [-0.4, -0.2) is 35.7 Å². The van der Waals surface area contributed by atoms with E-state index < -0.39 is 26.5 Å². The Bertz CT molecular complexity index is 1570. The first-order valence-electron chi connectivity index (χ1n) is 10.2. The molecule has 3 aromatic rings. The molecular formula is C24H16N3O6S+. The summed E-state index contributed by atoms with van der Waals surface area (Å²) in [7, 11) is -4.35. The van der Waals surface area contributed by atoms with Gasteiger partial charge in [-0.15, -0.1) is 0 Å². The molecule has 168 valence electrons. The van der Waals surface area contributed by atoms with Gasteiger partial charge in [-0.25, -0.2) is 8.42 Å². The van der Waals surface area contributed by atoms with E-state index in [0.717, 1.165) is 29.8 Å². The van der Waals surface area contributed by atoms with Crippen LogP contribution in [0.4, 0.5) is 11.4 Å². The number of hydrogen-bond donors (Lipinski definition) is 1. The fourth-order valence-electron chi connectivity index (χ4n) is 4.05. The smallest absolute Gasteiger partial charge is 0.287 e. The largest absolute Gasteiger partial charge is 0.287 e. The molecule has 0 atom stereocenters. The van der Waals surface area contributed by atoms with E-state index in [1.54, 1.807) is 35.1 Å². The number of nitro benzene ring substituents is 1. The minimum Gasteiger partial charge on any atom is -0.287 e. The van der Waals surface area contributed by atoms with Crippen molar-refractivity contribution < 1.29 is 27.5 Å². The van der Waals surface area contributed by atoms with E-state index in [1.807, 2.05) is 12.1 Å². The van der Waals surface area contributed by atoms with Crippen molar-refractivity contribution in [2.45, 2.75) is 11.3 Å². The average molecular weight is 474 g/mol. The summed E-state index contributed by atoms with van der Waals surface area (Å²) in [4.78, 5) is 36.9. The van der Waals surface area contributed by atoms with Crippen molar-refractivity contribution in [2.24, 2.45) is 0 Å². The molecule has 5 rings (SSSR count). The molecular weight excluding hydrogens is 458 g/mol. The number of allylic oxidation sites excluding steroid dienone is 2. The van der Waals surface area contributed by atoms with Gasteiger partial charge in [-0.2, -0.15) is 4.58 Å². The molecule has 34 heavy (non-hydrogen) atoms. The summed E-state index contributed by atoms with van der Waals surface area (Å²) in [5.74, 6) is -1.14. The van der Waals surface area contributed by atoms with Gasteiger partial charge < -0.3 is 0 Å². The molecule has 0 amide bonds. The zero-order valence-corrected chi connectivity index (χ0v) is 18.3. The zero-order chi connectivity index (χ0) is 24.0. The van der Waals surface area contributed by atoms with Crippen molar-refractivity contribution in [3.8, 4) is 0 Å². The van der Waals surface area contributed by atoms with Gasteiger partial charge >= 0.3 is 0 Å². The molecule has 1 aliphatic heterocycles. The van der Waals surface area contributed by atoms with Crippen LogP contribution in [0.15, 0.2) is 89.1 Å². The van der Waals surface area contributed by atoms with Crippen molar-refractivity contribution in [2.75, 3.05) is 0 Å². The summed E-state index contributed by atoms with van der Waals surface area (Å²) < 4.78 is 30.1. The van der Waals surface area contributed by atoms with Gasteiger partial charge in [0, 0.05) is 34.9 Å². The number of Topliss-reactive ketones (excluding diaryl/α,β-unsaturated/α-hetero) is 2. The van der Waals surface area contributed by atoms with Gasteiger partial charge in [0.25, 0.3) is 27.2 Å². The van der Waals surface area contributed by atoms with Crippen LogP contribution in [-0.2, 0) is 16.4 Å². The van der Waals surface area contributed by atoms with Crippen molar-refractivity contribution in [3.63, 3.8) is 0 Å². The standard InChI is InChI=1S/C24H15N3O6S/c28-23-18-6-2-3-7-19(18)24(29)22(26-14-13-15-5-1-4-8-20(15)26)21(23)25-34(32,33)17-11-9-16(10-12-17)27(30)31/h1-12,14H,13H2/p+1. The molecule has 0 saturated carbocycles. The summed E-state index contributed by atoms with van der Waals surface area (Å²) in [5.41, 5.74) is 1.11. The van der Waals surface area contributed by atoms with E-state index in [9.17, 15) is 28.1 Å². The Balaban J connectivity index is 1.66. The molecule has 0 saturated heterocycles. The summed E-state index contributed by atoms with van der Waals surface area (Å²) in [6.07, 6.45) is 2.23. The predicted molar refractivity (Wildman–Crippen MR) is 122 cm³/mol. The quantitative estimate of drug-likeness (QED) is 0.344. The third-order valence-electron chi connectivity index (χ3n) is 5.68. The molecule has 1 aliphatic carbocycles. The lowest BCUT2D eigenvalue weighted by Crippen LogP contribution is -2.36. The summed E-state index contributed by atoms with van der Waals surface area (Å²) in [6, 6.07) is 17.8. The SMILES string of the molecule is O=C1C(NS(=O)(=O)c2ccc([N+](=O)[O-])cc2)=C([N+]2=CCc3ccccc32)C(=O)c2ccccc21. The van der Waals surface area contributed by atoms with E-state index in [-0.39, 0.29) is 33.1 Å². The van der Waals surface area contributed by atoms with Gasteiger partial charge in [-0.05, 0) is 12.1 Å². The Morgan fingerprint density at radius 3 is 2.15 bits per heavy atom.